The minimum atomic E-state index is -3.18. The molecule has 23 heavy (non-hydrogen) atoms. The van der Waals surface area contributed by atoms with Crippen LogP contribution in [0.4, 0.5) is 11.4 Å². The number of nitrogens with two attached hydrogens (primary N) is 1. The van der Waals surface area contributed by atoms with Crippen LogP contribution >= 0.6 is 0 Å². The molecule has 124 valence electrons. The Bertz CT molecular complexity index is 742. The number of imide groups is 1. The van der Waals surface area contributed by atoms with Crippen molar-refractivity contribution in [2.45, 2.75) is 19.4 Å². The van der Waals surface area contributed by atoms with Gasteiger partial charge in [0.2, 0.25) is 5.91 Å². The normalized spacial score (nSPS) is 19.1. The van der Waals surface area contributed by atoms with Crippen molar-refractivity contribution >= 4 is 38.9 Å². The Kier molecular flexibility index (Phi) is 4.69. The maximum atomic E-state index is 12.2. The topological polar surface area (TPSA) is 127 Å². The van der Waals surface area contributed by atoms with Gasteiger partial charge >= 0.3 is 11.8 Å². The maximum absolute atomic E-state index is 12.2. The van der Waals surface area contributed by atoms with Gasteiger partial charge in [0.25, 0.3) is 0 Å². The van der Waals surface area contributed by atoms with E-state index in [0.717, 1.165) is 11.8 Å². The molecule has 1 aliphatic heterocycles. The summed E-state index contributed by atoms with van der Waals surface area (Å²) in [6.45, 7) is 1.15. The summed E-state index contributed by atoms with van der Waals surface area (Å²) in [5.74, 6) is -2.94. The fourth-order valence-electron chi connectivity index (χ4n) is 2.32. The van der Waals surface area contributed by atoms with Crippen LogP contribution in [0.2, 0.25) is 0 Å². The third-order valence-corrected chi connectivity index (χ3v) is 5.20. The molecule has 9 heteroatoms. The van der Waals surface area contributed by atoms with Gasteiger partial charge in [0.15, 0.2) is 9.84 Å². The van der Waals surface area contributed by atoms with Gasteiger partial charge in [-0.1, -0.05) is 0 Å². The number of nitrogen functional groups attached to an aromatic ring is 1. The summed E-state index contributed by atoms with van der Waals surface area (Å²) in [5, 5.41) is 2.36. The molecule has 0 aliphatic carbocycles. The average Bonchev–Trinajstić information content (AvgIpc) is 2.79. The highest BCUT2D eigenvalue weighted by molar-refractivity contribution is 7.91. The monoisotopic (exact) mass is 339 g/mol. The SMILES string of the molecule is CC(=O)N(C(=O)C(=O)NC1CCS(=O)(=O)C1)c1ccc(N)cc1. The molecule has 1 aromatic rings. The molecular formula is C14H17N3O5S. The minimum Gasteiger partial charge on any atom is -0.399 e. The predicted octanol–water partition coefficient (Wildman–Crippen LogP) is -0.548. The second-order valence-electron chi connectivity index (χ2n) is 5.32. The highest BCUT2D eigenvalue weighted by Crippen LogP contribution is 2.17. The van der Waals surface area contributed by atoms with Crippen LogP contribution in [0.1, 0.15) is 13.3 Å². The molecule has 1 atom stereocenters. The first kappa shape index (κ1) is 16.9. The van der Waals surface area contributed by atoms with Crippen LogP contribution in [0.5, 0.6) is 0 Å². The maximum Gasteiger partial charge on any atom is 0.323 e. The lowest BCUT2D eigenvalue weighted by Crippen LogP contribution is -2.48. The molecule has 1 aliphatic rings. The van der Waals surface area contributed by atoms with Crippen LogP contribution in [0.3, 0.4) is 0 Å². The van der Waals surface area contributed by atoms with Gasteiger partial charge in [-0.05, 0) is 30.7 Å². The van der Waals surface area contributed by atoms with Crippen LogP contribution < -0.4 is 16.0 Å². The number of anilines is 2. The summed E-state index contributed by atoms with van der Waals surface area (Å²) in [4.78, 5) is 36.7. The summed E-state index contributed by atoms with van der Waals surface area (Å²) in [5.41, 5.74) is 6.21. The summed E-state index contributed by atoms with van der Waals surface area (Å²) in [6, 6.07) is 5.28. The van der Waals surface area contributed by atoms with Crippen molar-refractivity contribution in [3.8, 4) is 0 Å². The molecule has 1 heterocycles. The summed E-state index contributed by atoms with van der Waals surface area (Å²) >= 11 is 0. The first-order valence-electron chi connectivity index (χ1n) is 6.91. The number of carbonyl (C=O) groups is 3. The van der Waals surface area contributed by atoms with E-state index in [1.165, 1.54) is 24.3 Å². The van der Waals surface area contributed by atoms with Crippen molar-refractivity contribution < 1.29 is 22.8 Å². The zero-order valence-corrected chi connectivity index (χ0v) is 13.3. The Morgan fingerprint density at radius 1 is 1.22 bits per heavy atom. The van der Waals surface area contributed by atoms with Crippen LogP contribution in [0.25, 0.3) is 0 Å². The molecule has 1 saturated heterocycles. The van der Waals surface area contributed by atoms with Gasteiger partial charge in [0.1, 0.15) is 0 Å². The van der Waals surface area contributed by atoms with Crippen molar-refractivity contribution in [3.63, 3.8) is 0 Å². The lowest BCUT2D eigenvalue weighted by atomic mass is 10.2. The van der Waals surface area contributed by atoms with Gasteiger partial charge in [-0.25, -0.2) is 13.3 Å². The van der Waals surface area contributed by atoms with Crippen molar-refractivity contribution in [1.29, 1.82) is 0 Å². The number of rotatable bonds is 2. The molecule has 8 nitrogen and oxygen atoms in total. The quantitative estimate of drug-likeness (QED) is 0.550. The van der Waals surface area contributed by atoms with E-state index in [0.29, 0.717) is 5.69 Å². The third-order valence-electron chi connectivity index (χ3n) is 3.43. The Morgan fingerprint density at radius 3 is 2.30 bits per heavy atom. The van der Waals surface area contributed by atoms with Crippen molar-refractivity contribution in [2.75, 3.05) is 22.1 Å². The van der Waals surface area contributed by atoms with Crippen molar-refractivity contribution in [2.24, 2.45) is 0 Å². The van der Waals surface area contributed by atoms with Gasteiger partial charge in [-0.2, -0.15) is 0 Å². The zero-order chi connectivity index (χ0) is 17.2. The fraction of sp³-hybridized carbons (Fsp3) is 0.357. The molecule has 0 radical (unpaired) electrons. The standard InChI is InChI=1S/C14H17N3O5S/c1-9(18)17(12-4-2-10(15)3-5-12)14(20)13(19)16-11-6-7-23(21,22)8-11/h2-5,11H,6-8,15H2,1H3,(H,16,19). The van der Waals surface area contributed by atoms with Gasteiger partial charge in [0, 0.05) is 18.7 Å². The Balaban J connectivity index is 2.13. The molecule has 1 fully saturated rings. The molecule has 3 amide bonds. The smallest absolute Gasteiger partial charge is 0.323 e. The van der Waals surface area contributed by atoms with E-state index in [1.807, 2.05) is 0 Å². The molecular weight excluding hydrogens is 322 g/mol. The molecule has 3 N–H and O–H groups in total. The minimum absolute atomic E-state index is 0.0273. The molecule has 1 unspecified atom stereocenters. The lowest BCUT2D eigenvalue weighted by Gasteiger charge is -2.20. The zero-order valence-electron chi connectivity index (χ0n) is 12.5. The van der Waals surface area contributed by atoms with E-state index < -0.39 is 33.6 Å². The second kappa shape index (κ2) is 6.37. The Hall–Kier alpha value is -2.42. The molecule has 1 aromatic carbocycles. The van der Waals surface area contributed by atoms with Crippen LogP contribution in [0.15, 0.2) is 24.3 Å². The molecule has 0 spiro atoms. The average molecular weight is 339 g/mol. The van der Waals surface area contributed by atoms with E-state index in [4.69, 9.17) is 5.73 Å². The Morgan fingerprint density at radius 2 is 1.83 bits per heavy atom. The first-order valence-corrected chi connectivity index (χ1v) is 8.73. The third kappa shape index (κ3) is 4.07. The highest BCUT2D eigenvalue weighted by atomic mass is 32.2. The van der Waals surface area contributed by atoms with E-state index >= 15 is 0 Å². The molecule has 0 saturated carbocycles. The number of benzene rings is 1. The van der Waals surface area contributed by atoms with Crippen molar-refractivity contribution in [1.82, 2.24) is 5.32 Å². The summed E-state index contributed by atoms with van der Waals surface area (Å²) in [6.07, 6.45) is 0.253. The Labute approximate surface area is 133 Å². The lowest BCUT2D eigenvalue weighted by molar-refractivity contribution is -0.139. The van der Waals surface area contributed by atoms with E-state index in [-0.39, 0.29) is 23.6 Å². The van der Waals surface area contributed by atoms with Crippen LogP contribution in [-0.4, -0.2) is 43.7 Å². The summed E-state index contributed by atoms with van der Waals surface area (Å²) < 4.78 is 22.8. The van der Waals surface area contributed by atoms with E-state index in [9.17, 15) is 22.8 Å². The number of hydrogen-bond acceptors (Lipinski definition) is 6. The second-order valence-corrected chi connectivity index (χ2v) is 7.55. The number of sulfone groups is 1. The number of hydrogen-bond donors (Lipinski definition) is 2. The number of nitrogens with one attached hydrogen (secondary N) is 1. The molecule has 0 bridgehead atoms. The van der Waals surface area contributed by atoms with Gasteiger partial charge in [-0.15, -0.1) is 0 Å². The largest absolute Gasteiger partial charge is 0.399 e. The first-order chi connectivity index (χ1) is 10.7. The summed E-state index contributed by atoms with van der Waals surface area (Å²) in [7, 11) is -3.18. The number of carbonyl (C=O) groups excluding carboxylic acids is 3. The van der Waals surface area contributed by atoms with Gasteiger partial charge in [-0.3, -0.25) is 14.4 Å². The van der Waals surface area contributed by atoms with Crippen LogP contribution in [-0.2, 0) is 24.2 Å². The predicted molar refractivity (Wildman–Crippen MR) is 84.2 cm³/mol. The van der Waals surface area contributed by atoms with E-state index in [1.54, 1.807) is 0 Å². The number of amides is 3. The molecule has 2 rings (SSSR count). The molecule has 0 aromatic heterocycles. The highest BCUT2D eigenvalue weighted by Gasteiger charge is 2.33. The number of nitrogens with zero attached hydrogens (tertiary/aromatic N) is 1. The van der Waals surface area contributed by atoms with E-state index in [2.05, 4.69) is 5.32 Å². The van der Waals surface area contributed by atoms with Crippen molar-refractivity contribution in [3.05, 3.63) is 24.3 Å². The fourth-order valence-corrected chi connectivity index (χ4v) is 4.00. The van der Waals surface area contributed by atoms with Gasteiger partial charge in [0.05, 0.1) is 17.2 Å². The van der Waals surface area contributed by atoms with Crippen LogP contribution in [0, 0.1) is 0 Å². The van der Waals surface area contributed by atoms with Gasteiger partial charge < -0.3 is 11.1 Å².